The van der Waals surface area contributed by atoms with E-state index >= 15 is 0 Å². The fourth-order valence-corrected chi connectivity index (χ4v) is 12.7. The van der Waals surface area contributed by atoms with Crippen LogP contribution in [0.15, 0.2) is 12.1 Å². The summed E-state index contributed by atoms with van der Waals surface area (Å²) in [6.45, 7) is 17.6. The van der Waals surface area contributed by atoms with Gasteiger partial charge in [-0.3, -0.25) is 0 Å². The molecule has 1 aromatic carbocycles. The molecule has 5 rings (SSSR count). The molecule has 4 aliphatic carbocycles. The van der Waals surface area contributed by atoms with Gasteiger partial charge in [0.1, 0.15) is 5.75 Å². The van der Waals surface area contributed by atoms with Gasteiger partial charge in [-0.2, -0.15) is 0 Å². The van der Waals surface area contributed by atoms with Crippen LogP contribution in [0.3, 0.4) is 0 Å². The van der Waals surface area contributed by atoms with Crippen LogP contribution in [-0.2, 0) is 6.54 Å². The summed E-state index contributed by atoms with van der Waals surface area (Å²) in [5.74, 6) is 7.44. The van der Waals surface area contributed by atoms with Crippen molar-refractivity contribution in [2.45, 2.75) is 169 Å². The molecular formula is C48H85N3O4. The second-order valence-electron chi connectivity index (χ2n) is 19.7. The zero-order valence-electron chi connectivity index (χ0n) is 36.8. The Morgan fingerprint density at radius 2 is 1.31 bits per heavy atom. The van der Waals surface area contributed by atoms with Crippen molar-refractivity contribution in [1.82, 2.24) is 16.0 Å². The van der Waals surface area contributed by atoms with Crippen molar-refractivity contribution < 1.29 is 19.3 Å². The molecule has 0 bridgehead atoms. The lowest BCUT2D eigenvalue weighted by Gasteiger charge is -2.62. The molecule has 4 saturated carbocycles. The highest BCUT2D eigenvalue weighted by atomic mass is 16.5. The first-order valence-electron chi connectivity index (χ1n) is 23.2. The molecule has 7 heteroatoms. The van der Waals surface area contributed by atoms with Gasteiger partial charge >= 0.3 is 0 Å². The van der Waals surface area contributed by atoms with E-state index in [-0.39, 0.29) is 6.10 Å². The van der Waals surface area contributed by atoms with Gasteiger partial charge < -0.3 is 35.3 Å². The molecular weight excluding hydrogens is 683 g/mol. The number of unbranched alkanes of at least 4 members (excludes halogenated alkanes) is 5. The SMILES string of the molecule is COc1cc(OC)c(OC)cc1CNCCCNCCCCCCCCN[C@H]1CC[C@]2(C)C3CC[C@@]4(C)C(CC[C@@H]4[C@H](C)CCCC(C)C)C3[C@@H](O)C[C@@H]2C1. The van der Waals surface area contributed by atoms with Gasteiger partial charge in [0.2, 0.25) is 0 Å². The fourth-order valence-electron chi connectivity index (χ4n) is 12.7. The minimum atomic E-state index is -0.0834. The predicted molar refractivity (Wildman–Crippen MR) is 229 cm³/mol. The van der Waals surface area contributed by atoms with Crippen molar-refractivity contribution in [3.63, 3.8) is 0 Å². The Morgan fingerprint density at radius 3 is 2.04 bits per heavy atom. The Bertz CT molecular complexity index is 1280. The molecule has 0 radical (unpaired) electrons. The summed E-state index contributed by atoms with van der Waals surface area (Å²) in [5.41, 5.74) is 1.95. The van der Waals surface area contributed by atoms with Gasteiger partial charge in [-0.05, 0) is 155 Å². The van der Waals surface area contributed by atoms with E-state index in [0.717, 1.165) is 92.2 Å². The molecule has 0 spiro atoms. The first kappa shape index (κ1) is 44.6. The largest absolute Gasteiger partial charge is 0.496 e. The molecule has 0 saturated heterocycles. The minimum Gasteiger partial charge on any atom is -0.496 e. The monoisotopic (exact) mass is 768 g/mol. The summed E-state index contributed by atoms with van der Waals surface area (Å²) >= 11 is 0. The molecule has 10 atom stereocenters. The number of aliphatic hydroxyl groups is 1. The van der Waals surface area contributed by atoms with Crippen molar-refractivity contribution in [3.8, 4) is 17.2 Å². The molecule has 4 N–H and O–H groups in total. The van der Waals surface area contributed by atoms with E-state index in [1.807, 2.05) is 12.1 Å². The van der Waals surface area contributed by atoms with Crippen LogP contribution >= 0.6 is 0 Å². The smallest absolute Gasteiger partial charge is 0.164 e. The summed E-state index contributed by atoms with van der Waals surface area (Å²) in [5, 5.41) is 23.0. The number of nitrogens with one attached hydrogen (secondary N) is 3. The average molecular weight is 768 g/mol. The van der Waals surface area contributed by atoms with Gasteiger partial charge in [0.25, 0.3) is 0 Å². The van der Waals surface area contributed by atoms with E-state index in [1.54, 1.807) is 21.3 Å². The number of fused-ring (bicyclic) bond motifs is 5. The molecule has 7 nitrogen and oxygen atoms in total. The standard InChI is InChI=1S/C48H85N3O4/c1-34(2)17-15-18-35(3)39-19-20-40-46-41(22-24-48(39,40)5)47(4)23-21-38(30-37(47)31-42(46)52)51-28-14-12-10-9-11-13-25-49-26-16-27-50-33-36-29-44(54-7)45(55-8)32-43(36)53-6/h29,32,34-35,37-42,46,49-52H,9-28,30-31,33H2,1-8H3/t35-,37+,38+,39-,40?,41?,42+,46?,47+,48-/m1/s1. The van der Waals surface area contributed by atoms with Crippen molar-refractivity contribution in [2.75, 3.05) is 47.5 Å². The molecule has 1 aromatic rings. The summed E-state index contributed by atoms with van der Waals surface area (Å²) in [4.78, 5) is 0. The topological polar surface area (TPSA) is 84.0 Å². The van der Waals surface area contributed by atoms with E-state index in [1.165, 1.54) is 103 Å². The van der Waals surface area contributed by atoms with E-state index in [4.69, 9.17) is 14.2 Å². The van der Waals surface area contributed by atoms with Crippen LogP contribution in [0.1, 0.15) is 156 Å². The lowest BCUT2D eigenvalue weighted by Crippen LogP contribution is -2.59. The number of hydrogen-bond acceptors (Lipinski definition) is 7. The lowest BCUT2D eigenvalue weighted by atomic mass is 9.43. The quantitative estimate of drug-likeness (QED) is 0.0780. The van der Waals surface area contributed by atoms with Crippen LogP contribution in [0.5, 0.6) is 17.2 Å². The van der Waals surface area contributed by atoms with Crippen LogP contribution in [0.2, 0.25) is 0 Å². The second-order valence-corrected chi connectivity index (χ2v) is 19.7. The molecule has 0 amide bonds. The number of aliphatic hydroxyl groups excluding tert-OH is 1. The third kappa shape index (κ3) is 11.1. The Hall–Kier alpha value is -1.54. The van der Waals surface area contributed by atoms with Crippen LogP contribution in [-0.4, -0.2) is 64.8 Å². The zero-order chi connectivity index (χ0) is 39.4. The molecule has 4 aliphatic rings. The van der Waals surface area contributed by atoms with Gasteiger partial charge in [0.05, 0.1) is 27.4 Å². The van der Waals surface area contributed by atoms with Crippen LogP contribution in [0.25, 0.3) is 0 Å². The zero-order valence-corrected chi connectivity index (χ0v) is 36.8. The molecule has 0 heterocycles. The van der Waals surface area contributed by atoms with E-state index < -0.39 is 0 Å². The number of hydrogen-bond donors (Lipinski definition) is 4. The fraction of sp³-hybridized carbons (Fsp3) is 0.875. The summed E-state index contributed by atoms with van der Waals surface area (Å²) in [6.07, 6.45) is 23.7. The van der Waals surface area contributed by atoms with Gasteiger partial charge in [-0.1, -0.05) is 79.6 Å². The Labute approximate surface area is 338 Å². The first-order chi connectivity index (χ1) is 26.5. The highest BCUT2D eigenvalue weighted by Crippen LogP contribution is 2.68. The van der Waals surface area contributed by atoms with Gasteiger partial charge in [0.15, 0.2) is 11.5 Å². The highest BCUT2D eigenvalue weighted by Gasteiger charge is 2.62. The molecule has 4 fully saturated rings. The van der Waals surface area contributed by atoms with E-state index in [9.17, 15) is 5.11 Å². The van der Waals surface area contributed by atoms with Gasteiger partial charge in [-0.25, -0.2) is 0 Å². The highest BCUT2D eigenvalue weighted by molar-refractivity contribution is 5.50. The van der Waals surface area contributed by atoms with Crippen LogP contribution in [0, 0.1) is 52.3 Å². The number of benzene rings is 1. The molecule has 55 heavy (non-hydrogen) atoms. The Balaban J connectivity index is 0.899. The first-order valence-corrected chi connectivity index (χ1v) is 23.2. The lowest BCUT2D eigenvalue weighted by molar-refractivity contribution is -0.167. The van der Waals surface area contributed by atoms with E-state index in [2.05, 4.69) is 50.6 Å². The van der Waals surface area contributed by atoms with Gasteiger partial charge in [-0.15, -0.1) is 0 Å². The number of ether oxygens (including phenoxy) is 3. The second kappa shape index (κ2) is 21.5. The summed E-state index contributed by atoms with van der Waals surface area (Å²) < 4.78 is 16.4. The van der Waals surface area contributed by atoms with E-state index in [0.29, 0.717) is 34.5 Å². The van der Waals surface area contributed by atoms with Crippen molar-refractivity contribution in [3.05, 3.63) is 17.7 Å². The molecule has 3 unspecified atom stereocenters. The third-order valence-corrected chi connectivity index (χ3v) is 15.9. The van der Waals surface area contributed by atoms with Gasteiger partial charge in [0, 0.05) is 24.2 Å². The van der Waals surface area contributed by atoms with Crippen LogP contribution in [0.4, 0.5) is 0 Å². The summed E-state index contributed by atoms with van der Waals surface area (Å²) in [6, 6.07) is 4.53. The maximum absolute atomic E-state index is 11.9. The Morgan fingerprint density at radius 1 is 0.673 bits per heavy atom. The molecule has 0 aromatic heterocycles. The predicted octanol–water partition coefficient (Wildman–Crippen LogP) is 10.2. The number of rotatable bonds is 24. The maximum Gasteiger partial charge on any atom is 0.164 e. The van der Waals surface area contributed by atoms with Crippen molar-refractivity contribution in [1.29, 1.82) is 0 Å². The average Bonchev–Trinajstić information content (AvgIpc) is 3.53. The minimum absolute atomic E-state index is 0.0834. The molecule has 0 aliphatic heterocycles. The summed E-state index contributed by atoms with van der Waals surface area (Å²) in [7, 11) is 5.00. The number of methoxy groups -OCH3 is 3. The van der Waals surface area contributed by atoms with Crippen molar-refractivity contribution in [2.24, 2.45) is 52.3 Å². The third-order valence-electron chi connectivity index (χ3n) is 15.9. The maximum atomic E-state index is 11.9. The Kier molecular flexibility index (Phi) is 17.4. The molecule has 316 valence electrons. The van der Waals surface area contributed by atoms with Crippen molar-refractivity contribution >= 4 is 0 Å². The normalized spacial score (nSPS) is 32.1. The van der Waals surface area contributed by atoms with Crippen LogP contribution < -0.4 is 30.2 Å².